The summed E-state index contributed by atoms with van der Waals surface area (Å²) in [6, 6.07) is 6.72. The van der Waals surface area contributed by atoms with Crippen LogP contribution in [0.15, 0.2) is 42.4 Å². The molecule has 134 valence electrons. The van der Waals surface area contributed by atoms with Gasteiger partial charge in [0.25, 0.3) is 0 Å². The van der Waals surface area contributed by atoms with Gasteiger partial charge in [-0.05, 0) is 30.8 Å². The molecule has 0 aliphatic carbocycles. The fourth-order valence-corrected chi connectivity index (χ4v) is 3.43. The number of carbonyl (C=O) groups excluding carboxylic acids is 1. The third kappa shape index (κ3) is 3.21. The second kappa shape index (κ2) is 6.90. The van der Waals surface area contributed by atoms with E-state index in [1.807, 2.05) is 6.07 Å². The maximum atomic E-state index is 12.7. The van der Waals surface area contributed by atoms with Gasteiger partial charge in [-0.1, -0.05) is 17.9 Å². The largest absolute Gasteiger partial charge is 0.872 e. The number of nitrogens with one attached hydrogen (secondary N) is 1. The van der Waals surface area contributed by atoms with Crippen molar-refractivity contribution in [2.45, 2.75) is 6.54 Å². The van der Waals surface area contributed by atoms with Crippen molar-refractivity contribution in [3.63, 3.8) is 0 Å². The molecule has 6 heteroatoms. The average Bonchev–Trinajstić information content (AvgIpc) is 2.96. The molecule has 1 aromatic heterocycles. The van der Waals surface area contributed by atoms with Gasteiger partial charge in [0, 0.05) is 31.0 Å². The van der Waals surface area contributed by atoms with Gasteiger partial charge in [0.2, 0.25) is 5.78 Å². The monoisotopic (exact) mass is 351 g/mol. The average molecular weight is 351 g/mol. The molecule has 0 unspecified atom stereocenters. The number of quaternary nitrogens is 1. The number of ether oxygens (including phenoxy) is 1. The Bertz CT molecular complexity index is 856. The highest BCUT2D eigenvalue weighted by atomic mass is 16.5. The number of ketones is 1. The van der Waals surface area contributed by atoms with E-state index in [1.54, 1.807) is 30.6 Å². The van der Waals surface area contributed by atoms with E-state index < -0.39 is 0 Å². The molecule has 1 fully saturated rings. The van der Waals surface area contributed by atoms with E-state index >= 15 is 0 Å². The first-order valence-corrected chi connectivity index (χ1v) is 8.81. The van der Waals surface area contributed by atoms with Crippen LogP contribution in [0.2, 0.25) is 0 Å². The molecule has 6 nitrogen and oxygen atoms in total. The summed E-state index contributed by atoms with van der Waals surface area (Å²) in [6.45, 7) is 4.55. The molecular weight excluding hydrogens is 330 g/mol. The van der Waals surface area contributed by atoms with Crippen LogP contribution in [0.5, 0.6) is 11.5 Å². The van der Waals surface area contributed by atoms with Crippen molar-refractivity contribution >= 4 is 11.9 Å². The molecule has 4 rings (SSSR count). The molecule has 0 amide bonds. The summed E-state index contributed by atoms with van der Waals surface area (Å²) in [5, 5.41) is 12.4. The summed E-state index contributed by atoms with van der Waals surface area (Å²) in [4.78, 5) is 20.3. The molecule has 0 radical (unpaired) electrons. The Morgan fingerprint density at radius 1 is 1.31 bits per heavy atom. The van der Waals surface area contributed by atoms with Crippen LogP contribution < -0.4 is 14.7 Å². The van der Waals surface area contributed by atoms with Crippen LogP contribution in [0.3, 0.4) is 0 Å². The Balaban J connectivity index is 1.62. The van der Waals surface area contributed by atoms with Crippen molar-refractivity contribution in [3.05, 3.63) is 59.1 Å². The number of Topliss-reactive ketones (excluding diaryl/α,β-unsaturated/α-hetero) is 1. The van der Waals surface area contributed by atoms with Crippen LogP contribution in [-0.2, 0) is 6.54 Å². The number of hydrogen-bond acceptors (Lipinski definition) is 5. The quantitative estimate of drug-likeness (QED) is 0.795. The van der Waals surface area contributed by atoms with Gasteiger partial charge in [0.05, 0.1) is 18.7 Å². The summed E-state index contributed by atoms with van der Waals surface area (Å²) in [5.41, 5.74) is 1.87. The summed E-state index contributed by atoms with van der Waals surface area (Å²) < 4.78 is 5.86. The van der Waals surface area contributed by atoms with Gasteiger partial charge in [0.15, 0.2) is 5.76 Å². The summed E-state index contributed by atoms with van der Waals surface area (Å²) in [5.74, 6) is 0.432. The van der Waals surface area contributed by atoms with Crippen LogP contribution >= 0.6 is 0 Å². The number of allylic oxidation sites excluding steroid dienone is 1. The molecule has 0 spiro atoms. The minimum absolute atomic E-state index is 0.0643. The van der Waals surface area contributed by atoms with Crippen molar-refractivity contribution in [1.29, 1.82) is 0 Å². The number of hydrogen-bond donors (Lipinski definition) is 1. The second-order valence-corrected chi connectivity index (χ2v) is 6.88. The first kappa shape index (κ1) is 16.8. The van der Waals surface area contributed by atoms with E-state index in [-0.39, 0.29) is 17.3 Å². The van der Waals surface area contributed by atoms with Crippen LogP contribution in [0.25, 0.3) is 6.08 Å². The van der Waals surface area contributed by atoms with E-state index in [0.29, 0.717) is 23.4 Å². The van der Waals surface area contributed by atoms with E-state index in [2.05, 4.69) is 16.9 Å². The predicted octanol–water partition coefficient (Wildman–Crippen LogP) is 0.102. The molecule has 0 saturated carbocycles. The number of benzene rings is 1. The normalized spacial score (nSPS) is 19.6. The van der Waals surface area contributed by atoms with Crippen LogP contribution in [-0.4, -0.2) is 48.9 Å². The van der Waals surface area contributed by atoms with Gasteiger partial charge >= 0.3 is 0 Å². The van der Waals surface area contributed by atoms with Crippen molar-refractivity contribution in [1.82, 2.24) is 9.88 Å². The predicted molar refractivity (Wildman–Crippen MR) is 95.0 cm³/mol. The van der Waals surface area contributed by atoms with Crippen LogP contribution in [0.4, 0.5) is 0 Å². The fraction of sp³-hybridized carbons (Fsp3) is 0.300. The third-order valence-corrected chi connectivity index (χ3v) is 5.00. The first-order valence-electron chi connectivity index (χ1n) is 8.81. The number of aromatic nitrogens is 1. The minimum atomic E-state index is -0.182. The maximum Gasteiger partial charge on any atom is 0.231 e. The zero-order chi connectivity index (χ0) is 18.1. The zero-order valence-corrected chi connectivity index (χ0v) is 14.7. The SMILES string of the molecule is CN1CC[NH+](Cc2c([O-])ccc3c2OC(=Cc2cccnc2)C3=O)CC1. The van der Waals surface area contributed by atoms with Gasteiger partial charge < -0.3 is 14.7 Å². The number of rotatable bonds is 3. The lowest BCUT2D eigenvalue weighted by molar-refractivity contribution is -0.918. The molecule has 1 saturated heterocycles. The van der Waals surface area contributed by atoms with E-state index in [0.717, 1.165) is 31.7 Å². The molecule has 2 aromatic rings. The molecule has 26 heavy (non-hydrogen) atoms. The van der Waals surface area contributed by atoms with Crippen molar-refractivity contribution in [2.24, 2.45) is 0 Å². The Morgan fingerprint density at radius 2 is 2.12 bits per heavy atom. The zero-order valence-electron chi connectivity index (χ0n) is 14.7. The highest BCUT2D eigenvalue weighted by Gasteiger charge is 2.31. The molecule has 1 N–H and O–H groups in total. The second-order valence-electron chi connectivity index (χ2n) is 6.88. The Kier molecular flexibility index (Phi) is 4.44. The van der Waals surface area contributed by atoms with E-state index in [4.69, 9.17) is 4.74 Å². The van der Waals surface area contributed by atoms with E-state index in [1.165, 1.54) is 11.0 Å². The Labute approximate surface area is 152 Å². The molecular formula is C20H21N3O3. The molecule has 2 aliphatic rings. The lowest BCUT2D eigenvalue weighted by Gasteiger charge is -2.30. The van der Waals surface area contributed by atoms with E-state index in [9.17, 15) is 9.90 Å². The maximum absolute atomic E-state index is 12.7. The smallest absolute Gasteiger partial charge is 0.231 e. The van der Waals surface area contributed by atoms with Gasteiger partial charge in [-0.2, -0.15) is 0 Å². The molecule has 0 atom stereocenters. The van der Waals surface area contributed by atoms with Crippen LogP contribution in [0.1, 0.15) is 21.5 Å². The summed E-state index contributed by atoms with van der Waals surface area (Å²) >= 11 is 0. The van der Waals surface area contributed by atoms with Crippen molar-refractivity contribution in [2.75, 3.05) is 33.2 Å². The lowest BCUT2D eigenvalue weighted by atomic mass is 10.0. The summed E-state index contributed by atoms with van der Waals surface area (Å²) in [6.07, 6.45) is 5.02. The van der Waals surface area contributed by atoms with Crippen molar-refractivity contribution in [3.8, 4) is 11.5 Å². The Morgan fingerprint density at radius 3 is 2.85 bits per heavy atom. The number of fused-ring (bicyclic) bond motifs is 1. The lowest BCUT2D eigenvalue weighted by Crippen LogP contribution is -3.13. The van der Waals surface area contributed by atoms with Gasteiger partial charge in [0.1, 0.15) is 12.3 Å². The fourth-order valence-electron chi connectivity index (χ4n) is 3.43. The minimum Gasteiger partial charge on any atom is -0.872 e. The van der Waals surface area contributed by atoms with Gasteiger partial charge in [-0.3, -0.25) is 14.7 Å². The topological polar surface area (TPSA) is 69.9 Å². The number of carbonyl (C=O) groups is 1. The number of likely N-dealkylation sites (N-methyl/N-ethyl adjacent to an activating group) is 1. The molecule has 1 aromatic carbocycles. The van der Waals surface area contributed by atoms with Gasteiger partial charge in [-0.15, -0.1) is 0 Å². The third-order valence-electron chi connectivity index (χ3n) is 5.00. The molecule has 2 aliphatic heterocycles. The number of piperazine rings is 1. The Hall–Kier alpha value is -2.70. The molecule has 3 heterocycles. The number of pyridine rings is 1. The highest BCUT2D eigenvalue weighted by Crippen LogP contribution is 2.38. The van der Waals surface area contributed by atoms with Gasteiger partial charge in [-0.25, -0.2) is 0 Å². The van der Waals surface area contributed by atoms with Crippen molar-refractivity contribution < 1.29 is 19.5 Å². The summed E-state index contributed by atoms with van der Waals surface area (Å²) in [7, 11) is 2.10. The standard InChI is InChI=1S/C20H21N3O3/c1-22-7-9-23(10-8-22)13-16-17(24)5-4-15-19(25)18(26-20(15)16)11-14-3-2-6-21-12-14/h2-6,11-12,24H,7-10,13H2,1H3. The first-order chi connectivity index (χ1) is 12.6. The van der Waals surface area contributed by atoms with Crippen LogP contribution in [0, 0.1) is 0 Å². The molecule has 0 bridgehead atoms. The highest BCUT2D eigenvalue weighted by molar-refractivity contribution is 6.14. The number of nitrogens with zero attached hydrogens (tertiary/aromatic N) is 2.